The molecule has 0 radical (unpaired) electrons. The number of pyridine rings is 1. The summed E-state index contributed by atoms with van der Waals surface area (Å²) >= 11 is 0. The molecule has 128 valence electrons. The van der Waals surface area contributed by atoms with E-state index in [4.69, 9.17) is 9.47 Å². The highest BCUT2D eigenvalue weighted by molar-refractivity contribution is 5.99. The summed E-state index contributed by atoms with van der Waals surface area (Å²) in [5, 5.41) is 0. The maximum Gasteiger partial charge on any atom is 0.340 e. The largest absolute Gasteiger partial charge is 0.495 e. The minimum absolute atomic E-state index is 0.146. The molecule has 0 unspecified atom stereocenters. The first-order chi connectivity index (χ1) is 12.1. The average molecular weight is 337 g/mol. The summed E-state index contributed by atoms with van der Waals surface area (Å²) in [6.07, 6.45) is 1.89. The molecule has 25 heavy (non-hydrogen) atoms. The summed E-state index contributed by atoms with van der Waals surface area (Å²) < 4.78 is 12.6. The Morgan fingerprint density at radius 2 is 1.92 bits per heavy atom. The van der Waals surface area contributed by atoms with Gasteiger partial charge in [-0.2, -0.15) is 0 Å². The first kappa shape index (κ1) is 16.8. The van der Waals surface area contributed by atoms with Crippen LogP contribution >= 0.6 is 0 Å². The molecule has 0 aromatic heterocycles. The summed E-state index contributed by atoms with van der Waals surface area (Å²) in [5.74, 6) is 0.241. The van der Waals surface area contributed by atoms with Crippen molar-refractivity contribution >= 4 is 5.97 Å². The average Bonchev–Trinajstić information content (AvgIpc) is 2.61. The van der Waals surface area contributed by atoms with Gasteiger partial charge in [0.2, 0.25) is 0 Å². The van der Waals surface area contributed by atoms with Crippen LogP contribution in [-0.2, 0) is 4.74 Å². The lowest BCUT2D eigenvalue weighted by Gasteiger charge is -2.21. The maximum atomic E-state index is 12.6. The number of nitrogens with zero attached hydrogens (tertiary/aromatic N) is 1. The lowest BCUT2D eigenvalue weighted by Crippen LogP contribution is -2.16. The number of ether oxygens (including phenoxy) is 2. The first-order valence-electron chi connectivity index (χ1n) is 8.03. The van der Waals surface area contributed by atoms with E-state index in [0.717, 1.165) is 11.3 Å². The smallest absolute Gasteiger partial charge is 0.340 e. The zero-order valence-electron chi connectivity index (χ0n) is 14.4. The molecule has 0 saturated heterocycles. The summed E-state index contributed by atoms with van der Waals surface area (Å²) in [4.78, 5) is 24.4. The number of aromatic nitrogens is 1. The van der Waals surface area contributed by atoms with Gasteiger partial charge in [0.05, 0.1) is 25.0 Å². The number of hydrogen-bond acceptors (Lipinski definition) is 4. The van der Waals surface area contributed by atoms with E-state index >= 15 is 0 Å². The highest BCUT2D eigenvalue weighted by Crippen LogP contribution is 2.32. The SMILES string of the molecule is CCOC(=O)c1c2cc(=O)ccc-2cn(-c2ccccc2OC)c1C. The Morgan fingerprint density at radius 3 is 2.64 bits per heavy atom. The number of fused-ring (bicyclic) bond motifs is 1. The molecular formula is C20H19NO4. The molecule has 1 aromatic rings. The summed E-state index contributed by atoms with van der Waals surface area (Å²) in [6.45, 7) is 3.85. The zero-order valence-corrected chi connectivity index (χ0v) is 14.4. The lowest BCUT2D eigenvalue weighted by atomic mass is 9.97. The summed E-state index contributed by atoms with van der Waals surface area (Å²) in [5.41, 5.74) is 3.10. The Labute approximate surface area is 145 Å². The number of methoxy groups -OCH3 is 1. The molecule has 5 nitrogen and oxygen atoms in total. The van der Waals surface area contributed by atoms with Crippen LogP contribution in [0.4, 0.5) is 0 Å². The van der Waals surface area contributed by atoms with Gasteiger partial charge in [-0.25, -0.2) is 4.79 Å². The third-order valence-electron chi connectivity index (χ3n) is 4.11. The molecule has 0 saturated carbocycles. The number of hydrogen-bond donors (Lipinski definition) is 0. The number of benzene rings is 2. The topological polar surface area (TPSA) is 57.5 Å². The minimum Gasteiger partial charge on any atom is -0.495 e. The molecule has 0 amide bonds. The highest BCUT2D eigenvalue weighted by atomic mass is 16.5. The molecule has 2 aliphatic rings. The Morgan fingerprint density at radius 1 is 1.16 bits per heavy atom. The van der Waals surface area contributed by atoms with Gasteiger partial charge in [0.1, 0.15) is 5.75 Å². The van der Waals surface area contributed by atoms with Crippen LogP contribution in [0.3, 0.4) is 0 Å². The van der Waals surface area contributed by atoms with Crippen molar-refractivity contribution in [3.8, 4) is 22.6 Å². The number of carbonyl (C=O) groups is 1. The first-order valence-corrected chi connectivity index (χ1v) is 8.03. The van der Waals surface area contributed by atoms with Crippen LogP contribution in [0.5, 0.6) is 5.75 Å². The molecular weight excluding hydrogens is 318 g/mol. The third kappa shape index (κ3) is 3.01. The molecule has 1 aliphatic carbocycles. The zero-order chi connectivity index (χ0) is 18.0. The van der Waals surface area contributed by atoms with Gasteiger partial charge >= 0.3 is 5.97 Å². The van der Waals surface area contributed by atoms with E-state index in [-0.39, 0.29) is 12.0 Å². The van der Waals surface area contributed by atoms with E-state index in [2.05, 4.69) is 0 Å². The van der Waals surface area contributed by atoms with Crippen molar-refractivity contribution in [2.75, 3.05) is 13.7 Å². The molecule has 5 heteroatoms. The maximum absolute atomic E-state index is 12.6. The third-order valence-corrected chi connectivity index (χ3v) is 4.11. The quantitative estimate of drug-likeness (QED) is 0.684. The van der Waals surface area contributed by atoms with Gasteiger partial charge in [-0.05, 0) is 49.7 Å². The molecule has 0 spiro atoms. The monoisotopic (exact) mass is 337 g/mol. The molecule has 1 heterocycles. The van der Waals surface area contributed by atoms with E-state index in [1.54, 1.807) is 20.1 Å². The van der Waals surface area contributed by atoms with Crippen LogP contribution in [0.15, 0.2) is 53.5 Å². The highest BCUT2D eigenvalue weighted by Gasteiger charge is 2.22. The molecule has 0 fully saturated rings. The van der Waals surface area contributed by atoms with Crippen molar-refractivity contribution in [2.24, 2.45) is 0 Å². The van der Waals surface area contributed by atoms with Crippen molar-refractivity contribution in [2.45, 2.75) is 13.8 Å². The Bertz CT molecular complexity index is 958. The van der Waals surface area contributed by atoms with Gasteiger partial charge in [-0.1, -0.05) is 12.1 Å². The van der Waals surface area contributed by atoms with Crippen LogP contribution in [0.1, 0.15) is 23.0 Å². The van der Waals surface area contributed by atoms with Crippen molar-refractivity contribution in [3.05, 3.63) is 70.1 Å². The van der Waals surface area contributed by atoms with E-state index in [1.165, 1.54) is 12.1 Å². The number of esters is 1. The van der Waals surface area contributed by atoms with E-state index in [9.17, 15) is 9.59 Å². The molecule has 0 bridgehead atoms. The van der Waals surface area contributed by atoms with Crippen LogP contribution in [0.2, 0.25) is 0 Å². The molecule has 0 atom stereocenters. The molecule has 1 aromatic carbocycles. The van der Waals surface area contributed by atoms with Crippen molar-refractivity contribution < 1.29 is 14.3 Å². The van der Waals surface area contributed by atoms with E-state index in [1.807, 2.05) is 42.0 Å². The van der Waals surface area contributed by atoms with Gasteiger partial charge in [0.15, 0.2) is 5.43 Å². The Balaban J connectivity index is 2.36. The van der Waals surface area contributed by atoms with Gasteiger partial charge < -0.3 is 14.0 Å². The van der Waals surface area contributed by atoms with Gasteiger partial charge in [0, 0.05) is 17.5 Å². The number of carbonyl (C=O) groups excluding carboxylic acids is 1. The molecule has 3 rings (SSSR count). The van der Waals surface area contributed by atoms with Crippen molar-refractivity contribution in [1.82, 2.24) is 4.57 Å². The van der Waals surface area contributed by atoms with Crippen molar-refractivity contribution in [3.63, 3.8) is 0 Å². The van der Waals surface area contributed by atoms with E-state index in [0.29, 0.717) is 22.6 Å². The summed E-state index contributed by atoms with van der Waals surface area (Å²) in [7, 11) is 1.60. The molecule has 1 aliphatic heterocycles. The second-order valence-corrected chi connectivity index (χ2v) is 5.60. The summed E-state index contributed by atoms with van der Waals surface area (Å²) in [6, 6.07) is 12.2. The Kier molecular flexibility index (Phi) is 4.57. The predicted octanol–water partition coefficient (Wildman–Crippen LogP) is 3.44. The van der Waals surface area contributed by atoms with Crippen LogP contribution in [0.25, 0.3) is 16.8 Å². The normalized spacial score (nSPS) is 10.7. The van der Waals surface area contributed by atoms with Crippen molar-refractivity contribution in [1.29, 1.82) is 0 Å². The van der Waals surface area contributed by atoms with Crippen LogP contribution in [-0.4, -0.2) is 24.3 Å². The van der Waals surface area contributed by atoms with Gasteiger partial charge in [-0.3, -0.25) is 4.79 Å². The molecule has 0 N–H and O–H groups in total. The standard InChI is InChI=1S/C20H19NO4/c1-4-25-20(23)19-13(2)21(17-7-5-6-8-18(17)24-3)12-14-9-10-15(22)11-16(14)19/h5-12H,4H2,1-3H3. The number of rotatable bonds is 4. The second-order valence-electron chi connectivity index (χ2n) is 5.60. The number of para-hydroxylation sites is 2. The Hall–Kier alpha value is -3.08. The second kappa shape index (κ2) is 6.81. The van der Waals surface area contributed by atoms with Gasteiger partial charge in [-0.15, -0.1) is 0 Å². The predicted molar refractivity (Wildman–Crippen MR) is 95.9 cm³/mol. The van der Waals surface area contributed by atoms with E-state index < -0.39 is 5.97 Å². The fourth-order valence-corrected chi connectivity index (χ4v) is 2.96. The van der Waals surface area contributed by atoms with Gasteiger partial charge in [0.25, 0.3) is 0 Å². The van der Waals surface area contributed by atoms with Crippen LogP contribution < -0.4 is 10.2 Å². The minimum atomic E-state index is -0.445. The lowest BCUT2D eigenvalue weighted by molar-refractivity contribution is 0.0525. The fourth-order valence-electron chi connectivity index (χ4n) is 2.96. The van der Waals surface area contributed by atoms with Crippen LogP contribution in [0, 0.1) is 6.92 Å². The fraction of sp³-hybridized carbons (Fsp3) is 0.200.